The number of ether oxygens (including phenoxy) is 3. The van der Waals surface area contributed by atoms with Gasteiger partial charge in [-0.1, -0.05) is 12.1 Å². The van der Waals surface area contributed by atoms with Crippen LogP contribution in [0.2, 0.25) is 0 Å². The normalized spacial score (nSPS) is 10.1. The Hall–Kier alpha value is -2.53. The summed E-state index contributed by atoms with van der Waals surface area (Å²) in [5, 5.41) is 2.83. The van der Waals surface area contributed by atoms with Crippen molar-refractivity contribution in [2.24, 2.45) is 0 Å². The molecule has 2 aromatic rings. The predicted octanol–water partition coefficient (Wildman–Crippen LogP) is 3.10. The number of anilines is 1. The lowest BCUT2D eigenvalue weighted by atomic mass is 10.1. The fraction of sp³-hybridized carbons (Fsp3) is 0.235. The number of benzene rings is 2. The Labute approximate surface area is 129 Å². The van der Waals surface area contributed by atoms with E-state index >= 15 is 0 Å². The van der Waals surface area contributed by atoms with Gasteiger partial charge in [0, 0.05) is 18.7 Å². The topological polar surface area (TPSA) is 56.8 Å². The Morgan fingerprint density at radius 2 is 1.73 bits per heavy atom. The van der Waals surface area contributed by atoms with E-state index in [4.69, 9.17) is 14.2 Å². The molecule has 2 aromatic carbocycles. The molecule has 1 amide bonds. The van der Waals surface area contributed by atoms with Crippen molar-refractivity contribution in [3.05, 3.63) is 53.6 Å². The van der Waals surface area contributed by atoms with Crippen molar-refractivity contribution in [3.63, 3.8) is 0 Å². The average molecular weight is 301 g/mol. The highest BCUT2D eigenvalue weighted by atomic mass is 16.5. The summed E-state index contributed by atoms with van der Waals surface area (Å²) in [7, 11) is 4.76. The van der Waals surface area contributed by atoms with E-state index in [9.17, 15) is 4.79 Å². The Morgan fingerprint density at radius 1 is 1.00 bits per heavy atom. The fourth-order valence-corrected chi connectivity index (χ4v) is 2.02. The molecule has 0 bridgehead atoms. The smallest absolute Gasteiger partial charge is 0.255 e. The molecule has 0 aliphatic heterocycles. The molecule has 0 aliphatic rings. The highest BCUT2D eigenvalue weighted by molar-refractivity contribution is 6.05. The first-order valence-electron chi connectivity index (χ1n) is 6.79. The van der Waals surface area contributed by atoms with E-state index in [2.05, 4.69) is 5.32 Å². The largest absolute Gasteiger partial charge is 0.497 e. The van der Waals surface area contributed by atoms with Gasteiger partial charge in [0.25, 0.3) is 5.91 Å². The van der Waals surface area contributed by atoms with Gasteiger partial charge in [0.15, 0.2) is 0 Å². The molecule has 22 heavy (non-hydrogen) atoms. The van der Waals surface area contributed by atoms with E-state index in [0.29, 0.717) is 29.4 Å². The predicted molar refractivity (Wildman–Crippen MR) is 84.7 cm³/mol. The highest BCUT2D eigenvalue weighted by Crippen LogP contribution is 2.29. The first-order valence-corrected chi connectivity index (χ1v) is 6.79. The molecule has 0 saturated heterocycles. The van der Waals surface area contributed by atoms with E-state index in [-0.39, 0.29) is 5.91 Å². The Bertz CT molecular complexity index is 638. The summed E-state index contributed by atoms with van der Waals surface area (Å²) in [4.78, 5) is 12.3. The molecular weight excluding hydrogens is 282 g/mol. The molecular formula is C17H19NO4. The molecule has 0 aromatic heterocycles. The number of methoxy groups -OCH3 is 3. The number of hydrogen-bond donors (Lipinski definition) is 1. The quantitative estimate of drug-likeness (QED) is 0.890. The van der Waals surface area contributed by atoms with Crippen molar-refractivity contribution in [2.75, 3.05) is 26.6 Å². The van der Waals surface area contributed by atoms with Crippen molar-refractivity contribution in [1.82, 2.24) is 0 Å². The maximum atomic E-state index is 12.3. The summed E-state index contributed by atoms with van der Waals surface area (Å²) >= 11 is 0. The summed E-state index contributed by atoms with van der Waals surface area (Å²) in [5.74, 6) is 1.01. The molecule has 2 rings (SSSR count). The summed E-state index contributed by atoms with van der Waals surface area (Å²) in [6.45, 7) is 0.522. The molecule has 0 heterocycles. The molecule has 5 nitrogen and oxygen atoms in total. The minimum absolute atomic E-state index is 0.201. The van der Waals surface area contributed by atoms with Gasteiger partial charge in [-0.05, 0) is 29.8 Å². The van der Waals surface area contributed by atoms with Gasteiger partial charge >= 0.3 is 0 Å². The number of nitrogens with one attached hydrogen (secondary N) is 1. The van der Waals surface area contributed by atoms with Gasteiger partial charge in [-0.3, -0.25) is 4.79 Å². The van der Waals surface area contributed by atoms with Gasteiger partial charge in [-0.15, -0.1) is 0 Å². The number of carbonyl (C=O) groups excluding carboxylic acids is 1. The van der Waals surface area contributed by atoms with Crippen molar-refractivity contribution >= 4 is 11.6 Å². The lowest BCUT2D eigenvalue weighted by Gasteiger charge is -2.12. The van der Waals surface area contributed by atoms with Crippen LogP contribution in [-0.2, 0) is 11.3 Å². The monoisotopic (exact) mass is 301 g/mol. The Kier molecular flexibility index (Phi) is 5.38. The van der Waals surface area contributed by atoms with E-state index in [1.54, 1.807) is 51.7 Å². The number of rotatable bonds is 6. The fourth-order valence-electron chi connectivity index (χ4n) is 2.02. The van der Waals surface area contributed by atoms with Gasteiger partial charge in [0.1, 0.15) is 11.5 Å². The summed E-state index contributed by atoms with van der Waals surface area (Å²) in [5.41, 5.74) is 2.17. The van der Waals surface area contributed by atoms with Crippen LogP contribution in [0.4, 0.5) is 5.69 Å². The first-order chi connectivity index (χ1) is 10.7. The van der Waals surface area contributed by atoms with Crippen molar-refractivity contribution < 1.29 is 19.0 Å². The van der Waals surface area contributed by atoms with Crippen LogP contribution >= 0.6 is 0 Å². The molecule has 116 valence electrons. The van der Waals surface area contributed by atoms with Crippen LogP contribution in [0.3, 0.4) is 0 Å². The third kappa shape index (κ3) is 3.77. The van der Waals surface area contributed by atoms with Crippen LogP contribution in [0.15, 0.2) is 42.5 Å². The van der Waals surface area contributed by atoms with Crippen LogP contribution in [0.25, 0.3) is 0 Å². The first kappa shape index (κ1) is 15.9. The van der Waals surface area contributed by atoms with Crippen molar-refractivity contribution in [1.29, 1.82) is 0 Å². The molecule has 0 aliphatic carbocycles. The lowest BCUT2D eigenvalue weighted by Crippen LogP contribution is -2.12. The van der Waals surface area contributed by atoms with Crippen LogP contribution in [0.5, 0.6) is 11.5 Å². The van der Waals surface area contributed by atoms with Gasteiger partial charge in [-0.25, -0.2) is 0 Å². The lowest BCUT2D eigenvalue weighted by molar-refractivity contribution is 0.102. The van der Waals surface area contributed by atoms with Crippen LogP contribution in [0.1, 0.15) is 15.9 Å². The Morgan fingerprint density at radius 3 is 2.32 bits per heavy atom. The van der Waals surface area contributed by atoms with Crippen molar-refractivity contribution in [3.8, 4) is 11.5 Å². The van der Waals surface area contributed by atoms with Crippen LogP contribution in [-0.4, -0.2) is 27.2 Å². The van der Waals surface area contributed by atoms with Gasteiger partial charge in [0.05, 0.1) is 26.5 Å². The highest BCUT2D eigenvalue weighted by Gasteiger charge is 2.10. The second-order valence-corrected chi connectivity index (χ2v) is 4.65. The summed E-state index contributed by atoms with van der Waals surface area (Å²) in [6, 6.07) is 12.5. The molecule has 1 N–H and O–H groups in total. The van der Waals surface area contributed by atoms with Crippen LogP contribution in [0, 0.1) is 0 Å². The van der Waals surface area contributed by atoms with Gasteiger partial charge < -0.3 is 19.5 Å². The third-order valence-electron chi connectivity index (χ3n) is 3.18. The van der Waals surface area contributed by atoms with Gasteiger partial charge in [0.2, 0.25) is 0 Å². The zero-order valence-electron chi connectivity index (χ0n) is 12.9. The van der Waals surface area contributed by atoms with E-state index < -0.39 is 0 Å². The van der Waals surface area contributed by atoms with Gasteiger partial charge in [-0.2, -0.15) is 0 Å². The van der Waals surface area contributed by atoms with E-state index in [1.807, 2.05) is 12.1 Å². The maximum absolute atomic E-state index is 12.3. The SMILES string of the molecule is COCc1ccc(C(=O)Nc2ccc(OC)cc2OC)cc1. The zero-order chi connectivity index (χ0) is 15.9. The molecule has 0 atom stereocenters. The van der Waals surface area contributed by atoms with Crippen LogP contribution < -0.4 is 14.8 Å². The molecule has 0 radical (unpaired) electrons. The van der Waals surface area contributed by atoms with E-state index in [0.717, 1.165) is 5.56 Å². The number of amides is 1. The van der Waals surface area contributed by atoms with E-state index in [1.165, 1.54) is 0 Å². The van der Waals surface area contributed by atoms with Crippen molar-refractivity contribution in [2.45, 2.75) is 6.61 Å². The summed E-state index contributed by atoms with van der Waals surface area (Å²) < 4.78 is 15.4. The molecule has 5 heteroatoms. The Balaban J connectivity index is 2.14. The molecule has 0 spiro atoms. The third-order valence-corrected chi connectivity index (χ3v) is 3.18. The number of hydrogen-bond acceptors (Lipinski definition) is 4. The second kappa shape index (κ2) is 7.47. The molecule has 0 unspecified atom stereocenters. The maximum Gasteiger partial charge on any atom is 0.255 e. The average Bonchev–Trinajstić information content (AvgIpc) is 2.56. The standard InChI is InChI=1S/C17H19NO4/c1-20-11-12-4-6-13(7-5-12)17(19)18-15-9-8-14(21-2)10-16(15)22-3/h4-10H,11H2,1-3H3,(H,18,19). The minimum atomic E-state index is -0.201. The molecule has 0 fully saturated rings. The number of carbonyl (C=O) groups is 1. The second-order valence-electron chi connectivity index (χ2n) is 4.65. The minimum Gasteiger partial charge on any atom is -0.497 e. The molecule has 0 saturated carbocycles. The summed E-state index contributed by atoms with van der Waals surface area (Å²) in [6.07, 6.45) is 0. The zero-order valence-corrected chi connectivity index (χ0v) is 12.9.